The van der Waals surface area contributed by atoms with Crippen molar-refractivity contribution < 1.29 is 28.6 Å². The topological polar surface area (TPSA) is 78.9 Å². The third-order valence-corrected chi connectivity index (χ3v) is 11.1. The van der Waals surface area contributed by atoms with Crippen molar-refractivity contribution in [2.24, 2.45) is 0 Å². The van der Waals surface area contributed by atoms with E-state index in [4.69, 9.17) is 14.2 Å². The van der Waals surface area contributed by atoms with Crippen molar-refractivity contribution in [1.29, 1.82) is 0 Å². The molecule has 0 fully saturated rings. The zero-order chi connectivity index (χ0) is 43.7. The van der Waals surface area contributed by atoms with Gasteiger partial charge in [-0.3, -0.25) is 14.4 Å². The number of allylic oxidation sites excluding steroid dienone is 8. The first kappa shape index (κ1) is 57.4. The minimum atomic E-state index is -0.822. The van der Waals surface area contributed by atoms with Crippen LogP contribution in [-0.2, 0) is 28.6 Å². The van der Waals surface area contributed by atoms with Gasteiger partial charge in [-0.1, -0.05) is 230 Å². The number of carbonyl (C=O) groups is 3. The molecule has 0 radical (unpaired) electrons. The largest absolute Gasteiger partial charge is 0.462 e. The monoisotopic (exact) mass is 841 g/mol. The van der Waals surface area contributed by atoms with E-state index in [-0.39, 0.29) is 44.0 Å². The second-order valence-electron chi connectivity index (χ2n) is 17.1. The van der Waals surface area contributed by atoms with Crippen LogP contribution in [0.4, 0.5) is 0 Å². The normalized spacial score (nSPS) is 12.4. The fourth-order valence-electron chi connectivity index (χ4n) is 7.20. The molecule has 0 aromatic heterocycles. The number of esters is 3. The zero-order valence-corrected chi connectivity index (χ0v) is 39.7. The number of unbranched alkanes of at least 4 members (excludes halogenated alkanes) is 27. The molecule has 60 heavy (non-hydrogen) atoms. The first-order valence-corrected chi connectivity index (χ1v) is 25.6. The molecule has 1 unspecified atom stereocenters. The molecule has 1 atom stereocenters. The van der Waals surface area contributed by atoms with E-state index in [1.54, 1.807) is 0 Å². The summed E-state index contributed by atoms with van der Waals surface area (Å²) in [6.07, 6.45) is 58.4. The van der Waals surface area contributed by atoms with E-state index in [9.17, 15) is 14.4 Å². The Morgan fingerprint density at radius 2 is 0.633 bits per heavy atom. The lowest BCUT2D eigenvalue weighted by Crippen LogP contribution is -2.30. The Balaban J connectivity index is 4.46. The van der Waals surface area contributed by atoms with Gasteiger partial charge in [0.05, 0.1) is 0 Å². The van der Waals surface area contributed by atoms with E-state index in [1.165, 1.54) is 161 Å². The molecule has 0 aliphatic rings. The van der Waals surface area contributed by atoms with Gasteiger partial charge < -0.3 is 14.2 Å². The summed E-state index contributed by atoms with van der Waals surface area (Å²) in [6.45, 7) is 6.53. The smallest absolute Gasteiger partial charge is 0.306 e. The molecule has 0 aliphatic heterocycles. The Kier molecular flexibility index (Phi) is 46.9. The van der Waals surface area contributed by atoms with Crippen LogP contribution in [0.3, 0.4) is 0 Å². The van der Waals surface area contributed by atoms with Crippen molar-refractivity contribution in [3.63, 3.8) is 0 Å². The van der Waals surface area contributed by atoms with E-state index in [0.29, 0.717) is 19.3 Å². The van der Waals surface area contributed by atoms with Gasteiger partial charge in [0, 0.05) is 19.3 Å². The summed E-state index contributed by atoms with van der Waals surface area (Å²) < 4.78 is 16.7. The van der Waals surface area contributed by atoms with Gasteiger partial charge >= 0.3 is 17.9 Å². The van der Waals surface area contributed by atoms with E-state index < -0.39 is 6.10 Å². The fourth-order valence-corrected chi connectivity index (χ4v) is 7.20. The Morgan fingerprint density at radius 3 is 1.02 bits per heavy atom. The lowest BCUT2D eigenvalue weighted by molar-refractivity contribution is -0.166. The summed E-state index contributed by atoms with van der Waals surface area (Å²) in [5, 5.41) is 0. The summed E-state index contributed by atoms with van der Waals surface area (Å²) in [5.41, 5.74) is 0. The van der Waals surface area contributed by atoms with Crippen molar-refractivity contribution >= 4 is 17.9 Å². The lowest BCUT2D eigenvalue weighted by Gasteiger charge is -2.18. The molecule has 0 aromatic carbocycles. The average molecular weight is 841 g/mol. The third kappa shape index (κ3) is 46.4. The Hall–Kier alpha value is -2.63. The summed E-state index contributed by atoms with van der Waals surface area (Å²) >= 11 is 0. The van der Waals surface area contributed by atoms with Gasteiger partial charge in [-0.25, -0.2) is 0 Å². The SMILES string of the molecule is CCCCCCCC/C=C\C/C=C\CCC(=O)OCC(COC(=O)CCCCCCCCCCCCCCCCCC)OC(=O)CC/C=C\C/C=C\CCCCCCCC. The van der Waals surface area contributed by atoms with Crippen LogP contribution in [0.5, 0.6) is 0 Å². The molecule has 0 rings (SSSR count). The van der Waals surface area contributed by atoms with Gasteiger partial charge in [0.1, 0.15) is 13.2 Å². The van der Waals surface area contributed by atoms with Gasteiger partial charge in [-0.2, -0.15) is 0 Å². The molecule has 0 aromatic rings. The van der Waals surface area contributed by atoms with Gasteiger partial charge in [0.15, 0.2) is 6.10 Å². The Bertz CT molecular complexity index is 1060. The van der Waals surface area contributed by atoms with E-state index in [2.05, 4.69) is 57.2 Å². The molecule has 0 aliphatic carbocycles. The molecule has 6 heteroatoms. The summed E-state index contributed by atoms with van der Waals surface area (Å²) in [5.74, 6) is -1.04. The number of ether oxygens (including phenoxy) is 3. The summed E-state index contributed by atoms with van der Waals surface area (Å²) in [6, 6.07) is 0. The van der Waals surface area contributed by atoms with E-state index in [0.717, 1.165) is 44.9 Å². The molecular weight excluding hydrogens is 745 g/mol. The second kappa shape index (κ2) is 49.0. The standard InChI is InChI=1S/C54H96O6/c1-4-7-10-13-16-19-22-25-26-27-30-32-35-38-41-44-47-53(56)59-50-51(60-54(57)48-45-42-39-36-33-29-24-21-18-15-12-9-6-3)49-58-52(55)46-43-40-37-34-31-28-23-20-17-14-11-8-5-2/h28-29,31,33,37,39-40,42,51H,4-27,30,32,34-36,38,41,43-50H2,1-3H3/b31-28-,33-29-,40-37-,42-39-. The molecule has 0 amide bonds. The molecule has 6 nitrogen and oxygen atoms in total. The molecular formula is C54H96O6. The van der Waals surface area contributed by atoms with Crippen LogP contribution in [0.2, 0.25) is 0 Å². The molecule has 0 N–H and O–H groups in total. The number of hydrogen-bond donors (Lipinski definition) is 0. The highest BCUT2D eigenvalue weighted by molar-refractivity contribution is 5.71. The quantitative estimate of drug-likeness (QED) is 0.0263. The second-order valence-corrected chi connectivity index (χ2v) is 17.1. The van der Waals surface area contributed by atoms with E-state index in [1.807, 2.05) is 12.2 Å². The van der Waals surface area contributed by atoms with Crippen LogP contribution >= 0.6 is 0 Å². The first-order chi connectivity index (χ1) is 29.5. The highest BCUT2D eigenvalue weighted by Crippen LogP contribution is 2.15. The van der Waals surface area contributed by atoms with Gasteiger partial charge in [-0.05, 0) is 57.8 Å². The Morgan fingerprint density at radius 1 is 0.333 bits per heavy atom. The number of rotatable bonds is 46. The van der Waals surface area contributed by atoms with Crippen molar-refractivity contribution in [2.45, 2.75) is 264 Å². The first-order valence-electron chi connectivity index (χ1n) is 25.6. The summed E-state index contributed by atoms with van der Waals surface area (Å²) in [4.78, 5) is 37.8. The van der Waals surface area contributed by atoms with Gasteiger partial charge in [-0.15, -0.1) is 0 Å². The Labute approximate surface area is 371 Å². The molecule has 348 valence electrons. The molecule has 0 bridgehead atoms. The molecule has 0 saturated carbocycles. The van der Waals surface area contributed by atoms with Gasteiger partial charge in [0.25, 0.3) is 0 Å². The third-order valence-electron chi connectivity index (χ3n) is 11.1. The molecule has 0 spiro atoms. The average Bonchev–Trinajstić information content (AvgIpc) is 3.24. The van der Waals surface area contributed by atoms with Crippen LogP contribution < -0.4 is 0 Å². The fraction of sp³-hybridized carbons (Fsp3) is 0.796. The molecule has 0 saturated heterocycles. The van der Waals surface area contributed by atoms with Crippen LogP contribution in [0.15, 0.2) is 48.6 Å². The minimum absolute atomic E-state index is 0.110. The van der Waals surface area contributed by atoms with E-state index >= 15 is 0 Å². The highest BCUT2D eigenvalue weighted by Gasteiger charge is 2.19. The maximum atomic E-state index is 12.7. The van der Waals surface area contributed by atoms with Crippen molar-refractivity contribution in [3.8, 4) is 0 Å². The zero-order valence-electron chi connectivity index (χ0n) is 39.7. The lowest BCUT2D eigenvalue weighted by atomic mass is 10.0. The van der Waals surface area contributed by atoms with Crippen LogP contribution in [0, 0.1) is 0 Å². The number of hydrogen-bond acceptors (Lipinski definition) is 6. The summed E-state index contributed by atoms with van der Waals surface area (Å²) in [7, 11) is 0. The minimum Gasteiger partial charge on any atom is -0.462 e. The van der Waals surface area contributed by atoms with Crippen LogP contribution in [-0.4, -0.2) is 37.2 Å². The van der Waals surface area contributed by atoms with Crippen LogP contribution in [0.25, 0.3) is 0 Å². The van der Waals surface area contributed by atoms with Crippen molar-refractivity contribution in [2.75, 3.05) is 13.2 Å². The maximum Gasteiger partial charge on any atom is 0.306 e. The van der Waals surface area contributed by atoms with Crippen molar-refractivity contribution in [1.82, 2.24) is 0 Å². The van der Waals surface area contributed by atoms with Crippen molar-refractivity contribution in [3.05, 3.63) is 48.6 Å². The maximum absolute atomic E-state index is 12.7. The number of carbonyl (C=O) groups excluding carboxylic acids is 3. The highest BCUT2D eigenvalue weighted by atomic mass is 16.6. The van der Waals surface area contributed by atoms with Gasteiger partial charge in [0.2, 0.25) is 0 Å². The van der Waals surface area contributed by atoms with Crippen LogP contribution in [0.1, 0.15) is 258 Å². The molecule has 0 heterocycles. The predicted molar refractivity (Wildman–Crippen MR) is 256 cm³/mol. The predicted octanol–water partition coefficient (Wildman–Crippen LogP) is 16.7.